The molecule has 0 aromatic rings. The van der Waals surface area contributed by atoms with Gasteiger partial charge in [0.2, 0.25) is 0 Å². The normalized spacial score (nSPS) is 36.1. The van der Waals surface area contributed by atoms with Crippen molar-refractivity contribution in [3.05, 3.63) is 0 Å². The predicted octanol–water partition coefficient (Wildman–Crippen LogP) is 2.42. The topological polar surface area (TPSA) is 58.6 Å². The average molecular weight is 269 g/mol. The summed E-state index contributed by atoms with van der Waals surface area (Å²) >= 11 is 0. The molecule has 4 nitrogen and oxygen atoms in total. The average Bonchev–Trinajstić information content (AvgIpc) is 2.46. The highest BCUT2D eigenvalue weighted by atomic mass is 16.5. The monoisotopic (exact) mass is 269 g/mol. The highest BCUT2D eigenvalue weighted by Crippen LogP contribution is 2.30. The van der Waals surface area contributed by atoms with Crippen molar-refractivity contribution < 1.29 is 14.6 Å². The lowest BCUT2D eigenvalue weighted by Gasteiger charge is -2.33. The van der Waals surface area contributed by atoms with Gasteiger partial charge in [-0.05, 0) is 51.0 Å². The summed E-state index contributed by atoms with van der Waals surface area (Å²) in [5.74, 6) is -0.405. The summed E-state index contributed by atoms with van der Waals surface area (Å²) in [5, 5.41) is 12.9. The molecule has 2 unspecified atom stereocenters. The molecule has 2 fully saturated rings. The van der Waals surface area contributed by atoms with Crippen LogP contribution in [0.15, 0.2) is 0 Å². The lowest BCUT2D eigenvalue weighted by atomic mass is 9.79. The molecule has 0 radical (unpaired) electrons. The van der Waals surface area contributed by atoms with Crippen LogP contribution in [0.1, 0.15) is 51.4 Å². The van der Waals surface area contributed by atoms with E-state index in [9.17, 15) is 9.90 Å². The Hall–Kier alpha value is -0.610. The standard InChI is InChI=1S/C15H27NO3/c1-19-13-8-6-12(7-9-13)16-10-11-4-2-3-5-14(11)15(17)18/h11-14,16H,2-10H2,1H3,(H,17,18). The van der Waals surface area contributed by atoms with Crippen LogP contribution in [0.2, 0.25) is 0 Å². The number of carboxylic acid groups (broad SMARTS) is 1. The van der Waals surface area contributed by atoms with Crippen molar-refractivity contribution in [3.63, 3.8) is 0 Å². The van der Waals surface area contributed by atoms with Crippen LogP contribution in [-0.4, -0.2) is 36.9 Å². The molecule has 0 aromatic heterocycles. The molecule has 0 aromatic carbocycles. The fraction of sp³-hybridized carbons (Fsp3) is 0.933. The summed E-state index contributed by atoms with van der Waals surface area (Å²) in [6.07, 6.45) is 9.18. The first-order valence-corrected chi connectivity index (χ1v) is 7.69. The largest absolute Gasteiger partial charge is 0.481 e. The molecule has 0 saturated heterocycles. The van der Waals surface area contributed by atoms with Gasteiger partial charge in [0.05, 0.1) is 12.0 Å². The minimum atomic E-state index is -0.602. The zero-order chi connectivity index (χ0) is 13.7. The number of hydrogen-bond acceptors (Lipinski definition) is 3. The summed E-state index contributed by atoms with van der Waals surface area (Å²) in [7, 11) is 1.79. The summed E-state index contributed by atoms with van der Waals surface area (Å²) in [6.45, 7) is 0.874. The molecular weight excluding hydrogens is 242 g/mol. The van der Waals surface area contributed by atoms with Gasteiger partial charge >= 0.3 is 5.97 Å². The van der Waals surface area contributed by atoms with Gasteiger partial charge < -0.3 is 15.2 Å². The first-order chi connectivity index (χ1) is 9.20. The Morgan fingerprint density at radius 2 is 1.84 bits per heavy atom. The van der Waals surface area contributed by atoms with Crippen molar-refractivity contribution in [3.8, 4) is 0 Å². The maximum absolute atomic E-state index is 11.3. The summed E-state index contributed by atoms with van der Waals surface area (Å²) < 4.78 is 5.38. The molecular formula is C15H27NO3. The molecule has 0 aliphatic heterocycles. The maximum Gasteiger partial charge on any atom is 0.306 e. The van der Waals surface area contributed by atoms with Gasteiger partial charge in [0, 0.05) is 13.2 Å². The second-order valence-electron chi connectivity index (χ2n) is 6.11. The molecule has 0 bridgehead atoms. The third-order valence-corrected chi connectivity index (χ3v) is 4.90. The van der Waals surface area contributed by atoms with Gasteiger partial charge in [0.1, 0.15) is 0 Å². The molecule has 2 aliphatic rings. The fourth-order valence-electron chi connectivity index (χ4n) is 3.60. The van der Waals surface area contributed by atoms with E-state index in [4.69, 9.17) is 4.74 Å². The van der Waals surface area contributed by atoms with E-state index in [2.05, 4.69) is 5.32 Å². The lowest BCUT2D eigenvalue weighted by molar-refractivity contribution is -0.144. The molecule has 2 rings (SSSR count). The number of rotatable bonds is 5. The number of aliphatic carboxylic acids is 1. The minimum Gasteiger partial charge on any atom is -0.481 e. The van der Waals surface area contributed by atoms with Crippen molar-refractivity contribution in [2.75, 3.05) is 13.7 Å². The Morgan fingerprint density at radius 3 is 2.47 bits per heavy atom. The third-order valence-electron chi connectivity index (χ3n) is 4.90. The van der Waals surface area contributed by atoms with Gasteiger partial charge in [0.25, 0.3) is 0 Å². The van der Waals surface area contributed by atoms with Gasteiger partial charge in [-0.3, -0.25) is 4.79 Å². The molecule has 0 spiro atoms. The van der Waals surface area contributed by atoms with E-state index in [0.717, 1.165) is 51.5 Å². The zero-order valence-corrected chi connectivity index (χ0v) is 11.9. The number of methoxy groups -OCH3 is 1. The van der Waals surface area contributed by atoms with E-state index in [1.807, 2.05) is 0 Å². The van der Waals surface area contributed by atoms with Crippen LogP contribution in [0.25, 0.3) is 0 Å². The maximum atomic E-state index is 11.3. The number of carboxylic acids is 1. The van der Waals surface area contributed by atoms with Crippen molar-refractivity contribution >= 4 is 5.97 Å². The Bertz CT molecular complexity index is 287. The molecule has 2 saturated carbocycles. The molecule has 0 heterocycles. The Morgan fingerprint density at radius 1 is 1.16 bits per heavy atom. The Kier molecular flexibility index (Phi) is 5.64. The molecule has 4 heteroatoms. The van der Waals surface area contributed by atoms with E-state index in [1.54, 1.807) is 7.11 Å². The van der Waals surface area contributed by atoms with Gasteiger partial charge in [-0.1, -0.05) is 12.8 Å². The number of nitrogens with one attached hydrogen (secondary N) is 1. The van der Waals surface area contributed by atoms with Crippen LogP contribution >= 0.6 is 0 Å². The fourth-order valence-corrected chi connectivity index (χ4v) is 3.60. The highest BCUT2D eigenvalue weighted by Gasteiger charge is 2.31. The molecule has 2 N–H and O–H groups in total. The second kappa shape index (κ2) is 7.25. The molecule has 0 amide bonds. The summed E-state index contributed by atoms with van der Waals surface area (Å²) in [6, 6.07) is 0.558. The van der Waals surface area contributed by atoms with Crippen molar-refractivity contribution in [2.45, 2.75) is 63.5 Å². The molecule has 2 aliphatic carbocycles. The summed E-state index contributed by atoms with van der Waals surface area (Å²) in [4.78, 5) is 11.3. The van der Waals surface area contributed by atoms with Crippen LogP contribution in [0.3, 0.4) is 0 Å². The van der Waals surface area contributed by atoms with E-state index >= 15 is 0 Å². The van der Waals surface area contributed by atoms with Crippen molar-refractivity contribution in [1.29, 1.82) is 0 Å². The van der Waals surface area contributed by atoms with E-state index < -0.39 is 5.97 Å². The Balaban J connectivity index is 1.73. The van der Waals surface area contributed by atoms with Crippen LogP contribution in [0.5, 0.6) is 0 Å². The van der Waals surface area contributed by atoms with Gasteiger partial charge in [-0.25, -0.2) is 0 Å². The van der Waals surface area contributed by atoms with E-state index in [-0.39, 0.29) is 5.92 Å². The number of hydrogen-bond donors (Lipinski definition) is 2. The third kappa shape index (κ3) is 4.18. The van der Waals surface area contributed by atoms with Gasteiger partial charge in [-0.15, -0.1) is 0 Å². The van der Waals surface area contributed by atoms with Crippen molar-refractivity contribution in [1.82, 2.24) is 5.32 Å². The first-order valence-electron chi connectivity index (χ1n) is 7.69. The first kappa shape index (κ1) is 14.8. The number of ether oxygens (including phenoxy) is 1. The lowest BCUT2D eigenvalue weighted by Crippen LogP contribution is -2.41. The predicted molar refractivity (Wildman–Crippen MR) is 74.1 cm³/mol. The van der Waals surface area contributed by atoms with E-state index in [0.29, 0.717) is 18.1 Å². The van der Waals surface area contributed by atoms with Crippen LogP contribution < -0.4 is 5.32 Å². The Labute approximate surface area is 115 Å². The second-order valence-corrected chi connectivity index (χ2v) is 6.11. The SMILES string of the molecule is COC1CCC(NCC2CCCCC2C(=O)O)CC1. The van der Waals surface area contributed by atoms with Gasteiger partial charge in [0.15, 0.2) is 0 Å². The van der Waals surface area contributed by atoms with Crippen molar-refractivity contribution in [2.24, 2.45) is 11.8 Å². The molecule has 19 heavy (non-hydrogen) atoms. The van der Waals surface area contributed by atoms with Gasteiger partial charge in [-0.2, -0.15) is 0 Å². The number of carbonyl (C=O) groups is 1. The van der Waals surface area contributed by atoms with Crippen LogP contribution in [-0.2, 0) is 9.53 Å². The van der Waals surface area contributed by atoms with E-state index in [1.165, 1.54) is 6.42 Å². The zero-order valence-electron chi connectivity index (χ0n) is 11.9. The highest BCUT2D eigenvalue weighted by molar-refractivity contribution is 5.70. The van der Waals surface area contributed by atoms with Crippen LogP contribution in [0.4, 0.5) is 0 Å². The quantitative estimate of drug-likeness (QED) is 0.805. The minimum absolute atomic E-state index is 0.128. The summed E-state index contributed by atoms with van der Waals surface area (Å²) in [5.41, 5.74) is 0. The van der Waals surface area contributed by atoms with Crippen LogP contribution in [0, 0.1) is 11.8 Å². The smallest absolute Gasteiger partial charge is 0.306 e. The molecule has 2 atom stereocenters. The molecule has 110 valence electrons.